The predicted octanol–water partition coefficient (Wildman–Crippen LogP) is 1.04. The molecule has 4 nitrogen and oxygen atoms in total. The molecule has 1 N–H and O–H groups in total. The molecule has 0 saturated heterocycles. The van der Waals surface area contributed by atoms with Gasteiger partial charge in [0, 0.05) is 20.6 Å². The molecule has 5 heteroatoms. The van der Waals surface area contributed by atoms with Gasteiger partial charge in [-0.2, -0.15) is 0 Å². The number of rotatable bonds is 4. The molecular weight excluding hydrogens is 209 g/mol. The molecule has 1 amide bonds. The van der Waals surface area contributed by atoms with Crippen molar-refractivity contribution in [1.82, 2.24) is 10.3 Å². The normalized spacial score (nSPS) is 12.0. The highest BCUT2D eigenvalue weighted by Gasteiger charge is 2.14. The predicted molar refractivity (Wildman–Crippen MR) is 60.7 cm³/mol. The third-order valence-corrected chi connectivity index (χ3v) is 2.34. The highest BCUT2D eigenvalue weighted by atomic mass is 19.1. The molecule has 0 aliphatic heterocycles. The van der Waals surface area contributed by atoms with Gasteiger partial charge in [0.05, 0.1) is 12.1 Å². The summed E-state index contributed by atoms with van der Waals surface area (Å²) in [4.78, 5) is 17.1. The largest absolute Gasteiger partial charge is 0.359 e. The Bertz CT molecular complexity index is 353. The molecule has 0 saturated carbocycles. The van der Waals surface area contributed by atoms with Gasteiger partial charge in [0.25, 0.3) is 0 Å². The Kier molecular flexibility index (Phi) is 4.22. The summed E-state index contributed by atoms with van der Waals surface area (Å²) in [5.41, 5.74) is 0. The van der Waals surface area contributed by atoms with Crippen molar-refractivity contribution in [2.75, 3.05) is 25.5 Å². The van der Waals surface area contributed by atoms with Crippen molar-refractivity contribution in [3.63, 3.8) is 0 Å². The van der Waals surface area contributed by atoms with Crippen LogP contribution in [0.5, 0.6) is 0 Å². The van der Waals surface area contributed by atoms with E-state index in [1.807, 2.05) is 18.9 Å². The summed E-state index contributed by atoms with van der Waals surface area (Å²) in [6, 6.07) is 2.94. The minimum Gasteiger partial charge on any atom is -0.359 e. The van der Waals surface area contributed by atoms with E-state index in [9.17, 15) is 9.18 Å². The standard InChI is InChI=1S/C11H16FN3O/c1-8(11(16)13-2)7-15(3)10-5-4-9(12)6-14-10/h4-6,8H,7H2,1-3H3,(H,13,16)/t8-/m1/s1. The number of amides is 1. The smallest absolute Gasteiger partial charge is 0.224 e. The minimum atomic E-state index is -0.364. The summed E-state index contributed by atoms with van der Waals surface area (Å²) in [6.07, 6.45) is 1.16. The summed E-state index contributed by atoms with van der Waals surface area (Å²) >= 11 is 0. The molecule has 0 aliphatic rings. The van der Waals surface area contributed by atoms with Gasteiger partial charge in [-0.05, 0) is 12.1 Å². The lowest BCUT2D eigenvalue weighted by Gasteiger charge is -2.21. The van der Waals surface area contributed by atoms with Crippen LogP contribution in [0.15, 0.2) is 18.3 Å². The lowest BCUT2D eigenvalue weighted by molar-refractivity contribution is -0.123. The maximum Gasteiger partial charge on any atom is 0.224 e. The van der Waals surface area contributed by atoms with Gasteiger partial charge < -0.3 is 10.2 Å². The molecule has 1 heterocycles. The second-order valence-electron chi connectivity index (χ2n) is 3.73. The molecule has 0 fully saturated rings. The van der Waals surface area contributed by atoms with E-state index in [1.165, 1.54) is 6.07 Å². The van der Waals surface area contributed by atoms with Crippen LogP contribution in [0.3, 0.4) is 0 Å². The quantitative estimate of drug-likeness (QED) is 0.832. The molecule has 1 rings (SSSR count). The first-order valence-corrected chi connectivity index (χ1v) is 5.09. The van der Waals surface area contributed by atoms with Crippen LogP contribution in [0.4, 0.5) is 10.2 Å². The zero-order valence-corrected chi connectivity index (χ0v) is 9.70. The first kappa shape index (κ1) is 12.4. The van der Waals surface area contributed by atoms with Crippen molar-refractivity contribution in [1.29, 1.82) is 0 Å². The van der Waals surface area contributed by atoms with Crippen molar-refractivity contribution in [3.8, 4) is 0 Å². The first-order chi connectivity index (χ1) is 7.54. The molecule has 0 aromatic carbocycles. The molecule has 1 atom stereocenters. The second kappa shape index (κ2) is 5.44. The lowest BCUT2D eigenvalue weighted by Crippen LogP contribution is -2.34. The van der Waals surface area contributed by atoms with Gasteiger partial charge in [0.2, 0.25) is 5.91 Å². The highest BCUT2D eigenvalue weighted by molar-refractivity contribution is 5.78. The van der Waals surface area contributed by atoms with Crippen LogP contribution >= 0.6 is 0 Å². The monoisotopic (exact) mass is 225 g/mol. The number of hydrogen-bond acceptors (Lipinski definition) is 3. The van der Waals surface area contributed by atoms with Crippen LogP contribution in [0.25, 0.3) is 0 Å². The van der Waals surface area contributed by atoms with Gasteiger partial charge in [0.1, 0.15) is 11.6 Å². The zero-order chi connectivity index (χ0) is 12.1. The van der Waals surface area contributed by atoms with Gasteiger partial charge in [0.15, 0.2) is 0 Å². The van der Waals surface area contributed by atoms with Crippen molar-refractivity contribution in [2.45, 2.75) is 6.92 Å². The summed E-state index contributed by atoms with van der Waals surface area (Å²) in [6.45, 7) is 2.37. The Morgan fingerprint density at radius 1 is 1.62 bits per heavy atom. The molecule has 1 aromatic heterocycles. The third-order valence-electron chi connectivity index (χ3n) is 2.34. The molecular formula is C11H16FN3O. The number of carbonyl (C=O) groups is 1. The van der Waals surface area contributed by atoms with Crippen molar-refractivity contribution in [3.05, 3.63) is 24.1 Å². The number of carbonyl (C=O) groups excluding carboxylic acids is 1. The SMILES string of the molecule is CNC(=O)[C@H](C)CN(C)c1ccc(F)cn1. The Labute approximate surface area is 94.5 Å². The maximum absolute atomic E-state index is 12.7. The molecule has 88 valence electrons. The summed E-state index contributed by atoms with van der Waals surface area (Å²) in [5, 5.41) is 2.58. The number of hydrogen-bond donors (Lipinski definition) is 1. The van der Waals surface area contributed by atoms with Crippen LogP contribution in [-0.4, -0.2) is 31.5 Å². The average Bonchev–Trinajstić information content (AvgIpc) is 2.28. The van der Waals surface area contributed by atoms with E-state index in [4.69, 9.17) is 0 Å². The summed E-state index contributed by atoms with van der Waals surface area (Å²) in [7, 11) is 3.43. The van der Waals surface area contributed by atoms with E-state index in [0.29, 0.717) is 12.4 Å². The van der Waals surface area contributed by atoms with E-state index < -0.39 is 0 Å². The zero-order valence-electron chi connectivity index (χ0n) is 9.70. The van der Waals surface area contributed by atoms with Crippen molar-refractivity contribution < 1.29 is 9.18 Å². The number of nitrogens with one attached hydrogen (secondary N) is 1. The van der Waals surface area contributed by atoms with Gasteiger partial charge >= 0.3 is 0 Å². The van der Waals surface area contributed by atoms with Crippen LogP contribution in [0.1, 0.15) is 6.92 Å². The molecule has 0 spiro atoms. The Morgan fingerprint density at radius 2 is 2.31 bits per heavy atom. The number of nitrogens with zero attached hydrogens (tertiary/aromatic N) is 2. The van der Waals surface area contributed by atoms with Crippen LogP contribution in [-0.2, 0) is 4.79 Å². The van der Waals surface area contributed by atoms with E-state index in [1.54, 1.807) is 13.1 Å². The summed E-state index contributed by atoms with van der Waals surface area (Å²) in [5.74, 6) is 0.129. The average molecular weight is 225 g/mol. The van der Waals surface area contributed by atoms with Gasteiger partial charge in [-0.25, -0.2) is 9.37 Å². The Hall–Kier alpha value is -1.65. The minimum absolute atomic E-state index is 0.0195. The Balaban J connectivity index is 2.61. The maximum atomic E-state index is 12.7. The molecule has 0 bridgehead atoms. The molecule has 1 aromatic rings. The third kappa shape index (κ3) is 3.18. The number of halogens is 1. The molecule has 0 unspecified atom stereocenters. The fraction of sp³-hybridized carbons (Fsp3) is 0.455. The number of aromatic nitrogens is 1. The van der Waals surface area contributed by atoms with E-state index in [2.05, 4.69) is 10.3 Å². The van der Waals surface area contributed by atoms with Crippen LogP contribution in [0.2, 0.25) is 0 Å². The molecule has 16 heavy (non-hydrogen) atoms. The fourth-order valence-corrected chi connectivity index (χ4v) is 1.43. The van der Waals surface area contributed by atoms with Gasteiger partial charge in [-0.1, -0.05) is 6.92 Å². The number of anilines is 1. The van der Waals surface area contributed by atoms with Crippen LogP contribution < -0.4 is 10.2 Å². The second-order valence-corrected chi connectivity index (χ2v) is 3.73. The topological polar surface area (TPSA) is 45.2 Å². The lowest BCUT2D eigenvalue weighted by atomic mass is 10.1. The molecule has 0 aliphatic carbocycles. The van der Waals surface area contributed by atoms with Crippen LogP contribution in [0, 0.1) is 11.7 Å². The first-order valence-electron chi connectivity index (χ1n) is 5.09. The molecule has 0 radical (unpaired) electrons. The van der Waals surface area contributed by atoms with E-state index in [0.717, 1.165) is 6.20 Å². The number of pyridine rings is 1. The van der Waals surface area contributed by atoms with Gasteiger partial charge in [-0.15, -0.1) is 0 Å². The van der Waals surface area contributed by atoms with Gasteiger partial charge in [-0.3, -0.25) is 4.79 Å². The Morgan fingerprint density at radius 3 is 2.81 bits per heavy atom. The van der Waals surface area contributed by atoms with E-state index >= 15 is 0 Å². The fourth-order valence-electron chi connectivity index (χ4n) is 1.43. The summed E-state index contributed by atoms with van der Waals surface area (Å²) < 4.78 is 12.7. The van der Waals surface area contributed by atoms with E-state index in [-0.39, 0.29) is 17.6 Å². The highest BCUT2D eigenvalue weighted by Crippen LogP contribution is 2.10. The van der Waals surface area contributed by atoms with Crippen molar-refractivity contribution in [2.24, 2.45) is 5.92 Å². The van der Waals surface area contributed by atoms with Crippen molar-refractivity contribution >= 4 is 11.7 Å².